The number of amides is 1. The first-order chi connectivity index (χ1) is 12.4. The highest BCUT2D eigenvalue weighted by Gasteiger charge is 2.31. The van der Waals surface area contributed by atoms with E-state index in [1.807, 2.05) is 0 Å². The molecule has 7 nitrogen and oxygen atoms in total. The van der Waals surface area contributed by atoms with Crippen LogP contribution in [0.5, 0.6) is 17.2 Å². The van der Waals surface area contributed by atoms with Crippen LogP contribution in [-0.4, -0.2) is 22.2 Å². The number of nitrogens with one attached hydrogen (secondary N) is 1. The van der Waals surface area contributed by atoms with Gasteiger partial charge < -0.3 is 13.9 Å². The van der Waals surface area contributed by atoms with Crippen molar-refractivity contribution < 1.29 is 31.9 Å². The summed E-state index contributed by atoms with van der Waals surface area (Å²) in [5.74, 6) is -0.725. The van der Waals surface area contributed by atoms with Crippen molar-refractivity contribution in [2.45, 2.75) is 6.36 Å². The van der Waals surface area contributed by atoms with E-state index in [4.69, 9.17) is 9.15 Å². The highest BCUT2D eigenvalue weighted by Crippen LogP contribution is 2.29. The van der Waals surface area contributed by atoms with Gasteiger partial charge in [0.1, 0.15) is 29.2 Å². The second-order valence-electron chi connectivity index (χ2n) is 4.79. The van der Waals surface area contributed by atoms with Crippen LogP contribution in [0.25, 0.3) is 0 Å². The fourth-order valence-corrected chi connectivity index (χ4v) is 1.92. The van der Waals surface area contributed by atoms with Gasteiger partial charge in [0.05, 0.1) is 6.20 Å². The van der Waals surface area contributed by atoms with E-state index in [1.54, 1.807) is 0 Å². The molecule has 1 amide bonds. The minimum atomic E-state index is -4.81. The first-order valence-electron chi connectivity index (χ1n) is 7.10. The Hall–Kier alpha value is -3.56. The van der Waals surface area contributed by atoms with E-state index in [1.165, 1.54) is 42.9 Å². The molecule has 0 bridgehead atoms. The smallest absolute Gasteiger partial charge is 0.457 e. The van der Waals surface area contributed by atoms with Crippen molar-refractivity contribution in [3.63, 3.8) is 0 Å². The summed E-state index contributed by atoms with van der Waals surface area (Å²) in [6, 6.07) is 7.75. The molecule has 10 heteroatoms. The zero-order valence-electron chi connectivity index (χ0n) is 12.9. The minimum Gasteiger partial charge on any atom is -0.457 e. The topological polar surface area (TPSA) is 86.5 Å². The molecule has 26 heavy (non-hydrogen) atoms. The summed E-state index contributed by atoms with van der Waals surface area (Å²) in [5, 5.41) is 2.38. The van der Waals surface area contributed by atoms with Crippen LogP contribution in [-0.2, 0) is 0 Å². The number of pyridine rings is 1. The van der Waals surface area contributed by atoms with Crippen LogP contribution in [0.2, 0.25) is 0 Å². The maximum atomic E-state index is 12.3. The van der Waals surface area contributed by atoms with Gasteiger partial charge in [-0.1, -0.05) is 6.07 Å². The molecule has 0 fully saturated rings. The third kappa shape index (κ3) is 4.72. The van der Waals surface area contributed by atoms with Crippen molar-refractivity contribution in [1.29, 1.82) is 0 Å². The van der Waals surface area contributed by atoms with Crippen LogP contribution >= 0.6 is 0 Å². The number of benzene rings is 1. The lowest BCUT2D eigenvalue weighted by atomic mass is 10.3. The van der Waals surface area contributed by atoms with Crippen LogP contribution in [0.3, 0.4) is 0 Å². The Labute approximate surface area is 144 Å². The predicted molar refractivity (Wildman–Crippen MR) is 81.9 cm³/mol. The molecule has 0 aliphatic rings. The van der Waals surface area contributed by atoms with E-state index >= 15 is 0 Å². The van der Waals surface area contributed by atoms with E-state index in [9.17, 15) is 18.0 Å². The van der Waals surface area contributed by atoms with E-state index in [2.05, 4.69) is 20.0 Å². The Morgan fingerprint density at radius 3 is 2.54 bits per heavy atom. The molecule has 1 aromatic carbocycles. The van der Waals surface area contributed by atoms with Gasteiger partial charge in [-0.05, 0) is 18.2 Å². The molecule has 0 saturated carbocycles. The summed E-state index contributed by atoms with van der Waals surface area (Å²) in [6.45, 7) is 0. The van der Waals surface area contributed by atoms with Gasteiger partial charge in [-0.3, -0.25) is 15.1 Å². The van der Waals surface area contributed by atoms with Gasteiger partial charge in [-0.15, -0.1) is 13.2 Å². The van der Waals surface area contributed by atoms with E-state index in [0.29, 0.717) is 0 Å². The number of hydrogen-bond donors (Lipinski definition) is 1. The highest BCUT2D eigenvalue weighted by atomic mass is 19.4. The molecule has 0 radical (unpaired) electrons. The van der Waals surface area contributed by atoms with Crippen molar-refractivity contribution in [3.8, 4) is 17.2 Å². The zero-order valence-corrected chi connectivity index (χ0v) is 12.9. The molecule has 3 rings (SSSR count). The molecule has 134 valence electrons. The molecular weight excluding hydrogens is 355 g/mol. The van der Waals surface area contributed by atoms with Crippen LogP contribution in [0, 0.1) is 0 Å². The Balaban J connectivity index is 1.72. The Bertz CT molecular complexity index is 898. The van der Waals surface area contributed by atoms with Crippen molar-refractivity contribution in [3.05, 3.63) is 60.7 Å². The zero-order chi connectivity index (χ0) is 18.6. The number of alkyl halides is 3. The molecule has 0 unspecified atom stereocenters. The second-order valence-corrected chi connectivity index (χ2v) is 4.79. The standard InChI is InChI=1S/C16H10F3N3O4/c17-16(18,19)26-12-3-1-2-10(8-12)25-11-4-5-20-13(9-11)14(23)22-15-21-6-7-24-15/h1-9H,(H,21,22,23). The van der Waals surface area contributed by atoms with E-state index < -0.39 is 18.0 Å². The Morgan fingerprint density at radius 2 is 1.81 bits per heavy atom. The lowest BCUT2D eigenvalue weighted by Gasteiger charge is -2.11. The summed E-state index contributed by atoms with van der Waals surface area (Å²) < 4.78 is 51.0. The lowest BCUT2D eigenvalue weighted by Crippen LogP contribution is -2.17. The molecule has 0 spiro atoms. The van der Waals surface area contributed by atoms with Gasteiger partial charge in [-0.2, -0.15) is 0 Å². The van der Waals surface area contributed by atoms with E-state index in [0.717, 1.165) is 12.1 Å². The average molecular weight is 365 g/mol. The second kappa shape index (κ2) is 7.13. The highest BCUT2D eigenvalue weighted by molar-refractivity contribution is 6.01. The third-order valence-electron chi connectivity index (χ3n) is 2.89. The fourth-order valence-electron chi connectivity index (χ4n) is 1.92. The van der Waals surface area contributed by atoms with Crippen molar-refractivity contribution in [2.75, 3.05) is 5.32 Å². The number of carbonyl (C=O) groups is 1. The summed E-state index contributed by atoms with van der Waals surface area (Å²) in [4.78, 5) is 19.7. The number of hydrogen-bond acceptors (Lipinski definition) is 6. The quantitative estimate of drug-likeness (QED) is 0.735. The Kier molecular flexibility index (Phi) is 4.74. The van der Waals surface area contributed by atoms with Gasteiger partial charge in [0, 0.05) is 18.3 Å². The number of aromatic nitrogens is 2. The van der Waals surface area contributed by atoms with Crippen molar-refractivity contribution in [1.82, 2.24) is 9.97 Å². The largest absolute Gasteiger partial charge is 0.573 e. The summed E-state index contributed by atoms with van der Waals surface area (Å²) >= 11 is 0. The van der Waals surface area contributed by atoms with Gasteiger partial charge in [0.2, 0.25) is 0 Å². The molecular formula is C16H10F3N3O4. The maximum absolute atomic E-state index is 12.3. The fraction of sp³-hybridized carbons (Fsp3) is 0.0625. The number of ether oxygens (including phenoxy) is 2. The van der Waals surface area contributed by atoms with Crippen molar-refractivity contribution in [2.24, 2.45) is 0 Å². The number of halogens is 3. The molecule has 0 aliphatic carbocycles. The molecule has 2 aromatic heterocycles. The number of anilines is 1. The monoisotopic (exact) mass is 365 g/mol. The maximum Gasteiger partial charge on any atom is 0.573 e. The first kappa shape index (κ1) is 17.3. The molecule has 3 aromatic rings. The number of carbonyl (C=O) groups excluding carboxylic acids is 1. The summed E-state index contributed by atoms with van der Waals surface area (Å²) in [7, 11) is 0. The average Bonchev–Trinajstić information content (AvgIpc) is 3.07. The molecule has 0 atom stereocenters. The third-order valence-corrected chi connectivity index (χ3v) is 2.89. The van der Waals surface area contributed by atoms with Gasteiger partial charge in [0.25, 0.3) is 5.91 Å². The van der Waals surface area contributed by atoms with Crippen LogP contribution in [0.4, 0.5) is 19.2 Å². The van der Waals surface area contributed by atoms with Crippen molar-refractivity contribution >= 4 is 11.9 Å². The normalized spacial score (nSPS) is 11.0. The molecule has 0 saturated heterocycles. The predicted octanol–water partition coefficient (Wildman–Crippen LogP) is 4.01. The van der Waals surface area contributed by atoms with Gasteiger partial charge >= 0.3 is 12.4 Å². The minimum absolute atomic E-state index is 0.000113. The number of nitrogens with zero attached hydrogens (tertiary/aromatic N) is 2. The van der Waals surface area contributed by atoms with Crippen LogP contribution < -0.4 is 14.8 Å². The van der Waals surface area contributed by atoms with Gasteiger partial charge in [-0.25, -0.2) is 4.98 Å². The van der Waals surface area contributed by atoms with E-state index in [-0.39, 0.29) is 23.2 Å². The van der Waals surface area contributed by atoms with Crippen LogP contribution in [0.1, 0.15) is 10.5 Å². The van der Waals surface area contributed by atoms with Gasteiger partial charge in [0.15, 0.2) is 0 Å². The summed E-state index contributed by atoms with van der Waals surface area (Å²) in [6.07, 6.45) is -0.840. The summed E-state index contributed by atoms with van der Waals surface area (Å²) in [5.41, 5.74) is 0.00314. The van der Waals surface area contributed by atoms with Crippen LogP contribution in [0.15, 0.2) is 59.5 Å². The molecule has 2 heterocycles. The Morgan fingerprint density at radius 1 is 1.04 bits per heavy atom. The first-order valence-corrected chi connectivity index (χ1v) is 7.10. The molecule has 0 aliphatic heterocycles. The molecule has 1 N–H and O–H groups in total. The number of oxazole rings is 1. The lowest BCUT2D eigenvalue weighted by molar-refractivity contribution is -0.274. The SMILES string of the molecule is O=C(Nc1ncco1)c1cc(Oc2cccc(OC(F)(F)F)c2)ccn1. The number of rotatable bonds is 5.